The maximum Gasteiger partial charge on any atom is 0.110 e. The monoisotopic (exact) mass is 430 g/mol. The Morgan fingerprint density at radius 2 is 1.39 bits per heavy atom. The highest BCUT2D eigenvalue weighted by molar-refractivity contribution is 7.65. The van der Waals surface area contributed by atoms with E-state index in [2.05, 4.69) is 120 Å². The van der Waals surface area contributed by atoms with Crippen LogP contribution in [0, 0.1) is 27.7 Å². The highest BCUT2D eigenvalue weighted by Gasteiger charge is 2.27. The van der Waals surface area contributed by atoms with E-state index in [1.165, 1.54) is 33.1 Å². The number of nitrogens with zero attached hydrogens (tertiary/aromatic N) is 1. The Morgan fingerprint density at radius 1 is 0.806 bits per heavy atom. The lowest BCUT2D eigenvalue weighted by atomic mass is 10.1. The Kier molecular flexibility index (Phi) is 7.34. The highest BCUT2D eigenvalue weighted by atomic mass is 31.1. The van der Waals surface area contributed by atoms with Gasteiger partial charge < -0.3 is 5.09 Å². The second-order valence-electron chi connectivity index (χ2n) is 9.42. The number of rotatable bonds is 5. The molecule has 0 aliphatic heterocycles. The van der Waals surface area contributed by atoms with Crippen LogP contribution in [0.4, 0.5) is 5.69 Å². The summed E-state index contributed by atoms with van der Waals surface area (Å²) in [6.07, 6.45) is 0.786. The van der Waals surface area contributed by atoms with Gasteiger partial charge in [-0.15, -0.1) is 0 Å². The van der Waals surface area contributed by atoms with Crippen molar-refractivity contribution in [1.29, 1.82) is 0 Å². The van der Waals surface area contributed by atoms with Gasteiger partial charge in [0.2, 0.25) is 0 Å². The van der Waals surface area contributed by atoms with Gasteiger partial charge in [-0.2, -0.15) is 0 Å². The van der Waals surface area contributed by atoms with Crippen molar-refractivity contribution in [3.8, 4) is 0 Å². The van der Waals surface area contributed by atoms with Crippen LogP contribution in [-0.2, 0) is 6.42 Å². The number of amidine groups is 1. The van der Waals surface area contributed by atoms with Crippen LogP contribution in [0.5, 0.6) is 0 Å². The molecular formula is C28H35N2P. The maximum atomic E-state index is 5.22. The van der Waals surface area contributed by atoms with Gasteiger partial charge in [-0.05, 0) is 49.7 Å². The molecule has 0 bridgehead atoms. The topological polar surface area (TPSA) is 24.4 Å². The van der Waals surface area contributed by atoms with Crippen LogP contribution in [0.2, 0.25) is 0 Å². The summed E-state index contributed by atoms with van der Waals surface area (Å²) in [5.41, 5.74) is 7.36. The zero-order valence-electron chi connectivity index (χ0n) is 20.0. The molecule has 3 heteroatoms. The molecule has 1 unspecified atom stereocenters. The summed E-state index contributed by atoms with van der Waals surface area (Å²) in [5, 5.41) is 5.35. The molecule has 0 aliphatic carbocycles. The molecule has 0 saturated heterocycles. The maximum absolute atomic E-state index is 5.22. The lowest BCUT2D eigenvalue weighted by molar-refractivity contribution is 0.782. The molecule has 0 fully saturated rings. The van der Waals surface area contributed by atoms with Crippen LogP contribution in [0.1, 0.15) is 48.6 Å². The zero-order valence-corrected chi connectivity index (χ0v) is 20.8. The van der Waals surface area contributed by atoms with E-state index in [1.54, 1.807) is 0 Å². The summed E-state index contributed by atoms with van der Waals surface area (Å²) in [6.45, 7) is 15.5. The van der Waals surface area contributed by atoms with Crippen LogP contribution in [0.25, 0.3) is 0 Å². The Morgan fingerprint density at radius 3 is 1.94 bits per heavy atom. The van der Waals surface area contributed by atoms with E-state index in [-0.39, 0.29) is 5.16 Å². The van der Waals surface area contributed by atoms with Gasteiger partial charge in [-0.3, -0.25) is 0 Å². The van der Waals surface area contributed by atoms with Gasteiger partial charge in [0.1, 0.15) is 5.84 Å². The summed E-state index contributed by atoms with van der Waals surface area (Å²) >= 11 is 0. The van der Waals surface area contributed by atoms with Crippen LogP contribution in [-0.4, -0.2) is 11.0 Å². The standard InChI is InChI=1S/C28H35N2P/c1-20-13-15-24(16-14-20)19-26(29-27-22(3)17-21(2)18-23(27)4)30-31(28(5,6)7)25-11-9-8-10-12-25/h8-18H,19H2,1-7H3,(H,29,30). The van der Waals surface area contributed by atoms with Crippen molar-refractivity contribution in [1.82, 2.24) is 5.09 Å². The predicted molar refractivity (Wildman–Crippen MR) is 139 cm³/mol. The first kappa shape index (κ1) is 23.2. The van der Waals surface area contributed by atoms with Crippen LogP contribution in [0.3, 0.4) is 0 Å². The molecule has 0 amide bonds. The van der Waals surface area contributed by atoms with Gasteiger partial charge in [0.05, 0.1) is 5.69 Å². The molecule has 1 atom stereocenters. The van der Waals surface area contributed by atoms with E-state index in [9.17, 15) is 0 Å². The Labute approximate surface area is 189 Å². The van der Waals surface area contributed by atoms with Crippen LogP contribution < -0.4 is 10.4 Å². The average molecular weight is 431 g/mol. The molecule has 0 radical (unpaired) electrons. The number of hydrogen-bond acceptors (Lipinski definition) is 1. The Hall–Kier alpha value is -2.44. The van der Waals surface area contributed by atoms with Crippen molar-refractivity contribution < 1.29 is 0 Å². The quantitative estimate of drug-likeness (QED) is 0.256. The molecule has 0 aromatic heterocycles. The van der Waals surface area contributed by atoms with Crippen molar-refractivity contribution in [2.24, 2.45) is 4.99 Å². The first-order valence-electron chi connectivity index (χ1n) is 11.0. The number of aliphatic imine (C=N–C) groups is 1. The van der Waals surface area contributed by atoms with Crippen molar-refractivity contribution in [2.45, 2.75) is 60.0 Å². The number of benzene rings is 3. The average Bonchev–Trinajstić information content (AvgIpc) is 2.70. The largest absolute Gasteiger partial charge is 0.348 e. The Bertz CT molecular complexity index is 1020. The molecule has 0 spiro atoms. The first-order valence-corrected chi connectivity index (χ1v) is 12.3. The van der Waals surface area contributed by atoms with E-state index < -0.39 is 8.07 Å². The minimum atomic E-state index is -0.641. The fourth-order valence-electron chi connectivity index (χ4n) is 3.81. The molecule has 0 aliphatic rings. The van der Waals surface area contributed by atoms with Crippen LogP contribution >= 0.6 is 8.07 Å². The summed E-state index contributed by atoms with van der Waals surface area (Å²) in [5.74, 6) is 1.03. The van der Waals surface area contributed by atoms with Crippen LogP contribution in [0.15, 0.2) is 71.7 Å². The molecule has 162 valence electrons. The third-order valence-corrected chi connectivity index (χ3v) is 7.94. The van der Waals surface area contributed by atoms with E-state index in [0.29, 0.717) is 0 Å². The minimum Gasteiger partial charge on any atom is -0.348 e. The van der Waals surface area contributed by atoms with E-state index >= 15 is 0 Å². The fraction of sp³-hybridized carbons (Fsp3) is 0.321. The molecule has 3 aromatic carbocycles. The first-order chi connectivity index (χ1) is 14.6. The molecule has 2 nitrogen and oxygen atoms in total. The molecule has 1 N–H and O–H groups in total. The molecule has 3 aromatic rings. The minimum absolute atomic E-state index is 0.0993. The van der Waals surface area contributed by atoms with E-state index in [0.717, 1.165) is 17.9 Å². The zero-order chi connectivity index (χ0) is 22.6. The second-order valence-corrected chi connectivity index (χ2v) is 12.2. The number of hydrogen-bond donors (Lipinski definition) is 1. The lowest BCUT2D eigenvalue weighted by Crippen LogP contribution is -2.33. The summed E-state index contributed by atoms with van der Waals surface area (Å²) in [7, 11) is -0.641. The van der Waals surface area contributed by atoms with Gasteiger partial charge in [0.15, 0.2) is 0 Å². The third kappa shape index (κ3) is 6.28. The normalized spacial score (nSPS) is 13.2. The van der Waals surface area contributed by atoms with Crippen molar-refractivity contribution >= 4 is 24.9 Å². The van der Waals surface area contributed by atoms with Gasteiger partial charge in [0.25, 0.3) is 0 Å². The van der Waals surface area contributed by atoms with E-state index in [4.69, 9.17) is 4.99 Å². The van der Waals surface area contributed by atoms with Gasteiger partial charge in [-0.1, -0.05) is 98.6 Å². The third-order valence-electron chi connectivity index (χ3n) is 5.30. The SMILES string of the molecule is Cc1ccc(CC(=Nc2c(C)cc(C)cc2C)NP(c2ccccc2)C(C)(C)C)cc1. The van der Waals surface area contributed by atoms with Gasteiger partial charge in [-0.25, -0.2) is 4.99 Å². The second kappa shape index (κ2) is 9.79. The Balaban J connectivity index is 2.05. The number of aryl methyl sites for hydroxylation is 4. The van der Waals surface area contributed by atoms with Gasteiger partial charge >= 0.3 is 0 Å². The molecule has 0 saturated carbocycles. The van der Waals surface area contributed by atoms with Crippen molar-refractivity contribution in [3.63, 3.8) is 0 Å². The molecule has 0 heterocycles. The highest BCUT2D eigenvalue weighted by Crippen LogP contribution is 2.45. The summed E-state index contributed by atoms with van der Waals surface area (Å²) in [4.78, 5) is 5.22. The predicted octanol–water partition coefficient (Wildman–Crippen LogP) is 7.30. The molecular weight excluding hydrogens is 395 g/mol. The smallest absolute Gasteiger partial charge is 0.110 e. The lowest BCUT2D eigenvalue weighted by Gasteiger charge is -2.33. The van der Waals surface area contributed by atoms with Gasteiger partial charge in [0, 0.05) is 19.6 Å². The van der Waals surface area contributed by atoms with E-state index in [1.807, 2.05) is 0 Å². The summed E-state index contributed by atoms with van der Waals surface area (Å²) in [6, 6.07) is 24.0. The van der Waals surface area contributed by atoms with Crippen molar-refractivity contribution in [3.05, 3.63) is 94.5 Å². The summed E-state index contributed by atoms with van der Waals surface area (Å²) < 4.78 is 0. The van der Waals surface area contributed by atoms with Crippen molar-refractivity contribution in [2.75, 3.05) is 0 Å². The number of nitrogens with one attached hydrogen (secondary N) is 1. The molecule has 3 rings (SSSR count). The fourth-order valence-corrected chi connectivity index (χ4v) is 5.91. The molecule has 31 heavy (non-hydrogen) atoms.